The summed E-state index contributed by atoms with van der Waals surface area (Å²) in [6.45, 7) is 10.7. The molecule has 6 heteroatoms. The fourth-order valence-electron chi connectivity index (χ4n) is 4.18. The van der Waals surface area contributed by atoms with Crippen LogP contribution in [0.1, 0.15) is 31.5 Å². The number of anilines is 1. The van der Waals surface area contributed by atoms with Crippen LogP contribution in [0.2, 0.25) is 0 Å². The summed E-state index contributed by atoms with van der Waals surface area (Å²) in [4.78, 5) is 19.3. The molecule has 0 radical (unpaired) electrons. The molecule has 0 saturated carbocycles. The lowest BCUT2D eigenvalue weighted by molar-refractivity contribution is 0.232. The predicted octanol–water partition coefficient (Wildman–Crippen LogP) is 2.10. The number of pyridine rings is 1. The molecule has 26 heavy (non-hydrogen) atoms. The van der Waals surface area contributed by atoms with Crippen molar-refractivity contribution in [3.8, 4) is 11.5 Å². The van der Waals surface area contributed by atoms with Gasteiger partial charge >= 0.3 is 0 Å². The van der Waals surface area contributed by atoms with E-state index >= 15 is 0 Å². The Bertz CT molecular complexity index is 743. The molecule has 0 spiro atoms. The van der Waals surface area contributed by atoms with E-state index in [-0.39, 0.29) is 0 Å². The van der Waals surface area contributed by atoms with Crippen molar-refractivity contribution in [1.29, 1.82) is 0 Å². The van der Waals surface area contributed by atoms with Gasteiger partial charge in [0.05, 0.1) is 5.69 Å². The smallest absolute Gasteiger partial charge is 0.180 e. The van der Waals surface area contributed by atoms with E-state index in [4.69, 9.17) is 9.97 Å². The van der Waals surface area contributed by atoms with Gasteiger partial charge in [0, 0.05) is 37.4 Å². The van der Waals surface area contributed by atoms with Crippen molar-refractivity contribution in [3.63, 3.8) is 0 Å². The molecule has 0 aliphatic carbocycles. The van der Waals surface area contributed by atoms with Crippen molar-refractivity contribution in [2.45, 2.75) is 39.3 Å². The molecule has 1 fully saturated rings. The number of rotatable bonds is 5. The summed E-state index contributed by atoms with van der Waals surface area (Å²) < 4.78 is 0. The number of aromatic nitrogens is 3. The molecule has 6 nitrogen and oxygen atoms in total. The van der Waals surface area contributed by atoms with Gasteiger partial charge in [-0.3, -0.25) is 9.88 Å². The van der Waals surface area contributed by atoms with Crippen molar-refractivity contribution < 1.29 is 0 Å². The fourth-order valence-corrected chi connectivity index (χ4v) is 4.18. The predicted molar refractivity (Wildman–Crippen MR) is 104 cm³/mol. The monoisotopic (exact) mass is 352 g/mol. The molecule has 2 aromatic heterocycles. The van der Waals surface area contributed by atoms with Gasteiger partial charge in [-0.25, -0.2) is 9.97 Å². The highest BCUT2D eigenvalue weighted by Gasteiger charge is 2.30. The highest BCUT2D eigenvalue weighted by molar-refractivity contribution is 5.59. The number of nitrogens with one attached hydrogen (secondary N) is 1. The summed E-state index contributed by atoms with van der Waals surface area (Å²) in [5.74, 6) is 1.88. The second-order valence-electron chi connectivity index (χ2n) is 7.05. The Morgan fingerprint density at radius 2 is 2.12 bits per heavy atom. The molecular weight excluding hydrogens is 324 g/mol. The molecule has 0 bridgehead atoms. The molecule has 1 atom stereocenters. The van der Waals surface area contributed by atoms with Crippen molar-refractivity contribution in [2.24, 2.45) is 0 Å². The maximum Gasteiger partial charge on any atom is 0.180 e. The highest BCUT2D eigenvalue weighted by atomic mass is 15.3. The summed E-state index contributed by atoms with van der Waals surface area (Å²) >= 11 is 0. The SMILES string of the molecule is CCN(CC)C1CCN(c2nc(-c3ccccn3)nc3c2CCNC3)C1. The Kier molecular flexibility index (Phi) is 5.13. The quantitative estimate of drug-likeness (QED) is 0.889. The zero-order chi connectivity index (χ0) is 17.9. The van der Waals surface area contributed by atoms with Gasteiger partial charge in [0.15, 0.2) is 5.82 Å². The first-order chi connectivity index (χ1) is 12.8. The lowest BCUT2D eigenvalue weighted by Gasteiger charge is -2.28. The Morgan fingerprint density at radius 3 is 2.88 bits per heavy atom. The van der Waals surface area contributed by atoms with Crippen LogP contribution in [0, 0.1) is 0 Å². The van der Waals surface area contributed by atoms with E-state index in [9.17, 15) is 0 Å². The average molecular weight is 352 g/mol. The van der Waals surface area contributed by atoms with E-state index in [0.29, 0.717) is 6.04 Å². The van der Waals surface area contributed by atoms with E-state index in [2.05, 4.69) is 33.9 Å². The molecule has 4 rings (SSSR count). The normalized spacial score (nSPS) is 19.8. The minimum atomic E-state index is 0.621. The Hall–Kier alpha value is -2.05. The van der Waals surface area contributed by atoms with Crippen LogP contribution in [0.5, 0.6) is 0 Å². The van der Waals surface area contributed by atoms with Gasteiger partial charge in [-0.2, -0.15) is 0 Å². The summed E-state index contributed by atoms with van der Waals surface area (Å²) in [6.07, 6.45) is 4.01. The standard InChI is InChI=1S/C20H28N6/c1-3-25(4-2)15-9-12-26(14-15)20-16-8-11-21-13-18(16)23-19(24-20)17-7-5-6-10-22-17/h5-7,10,15,21H,3-4,8-9,11-14H2,1-2H3. The van der Waals surface area contributed by atoms with Crippen molar-refractivity contribution in [3.05, 3.63) is 35.7 Å². The van der Waals surface area contributed by atoms with Gasteiger partial charge in [0.2, 0.25) is 0 Å². The maximum absolute atomic E-state index is 4.99. The molecule has 1 unspecified atom stereocenters. The number of hydrogen-bond acceptors (Lipinski definition) is 6. The highest BCUT2D eigenvalue weighted by Crippen LogP contribution is 2.30. The van der Waals surface area contributed by atoms with Gasteiger partial charge in [-0.1, -0.05) is 19.9 Å². The summed E-state index contributed by atoms with van der Waals surface area (Å²) in [7, 11) is 0. The second kappa shape index (κ2) is 7.68. The first-order valence-corrected chi connectivity index (χ1v) is 9.81. The van der Waals surface area contributed by atoms with E-state index in [1.165, 1.54) is 12.0 Å². The molecular formula is C20H28N6. The number of hydrogen-bond donors (Lipinski definition) is 1. The third-order valence-corrected chi connectivity index (χ3v) is 5.60. The second-order valence-corrected chi connectivity index (χ2v) is 7.05. The topological polar surface area (TPSA) is 57.2 Å². The summed E-state index contributed by atoms with van der Waals surface area (Å²) in [6, 6.07) is 6.54. The molecule has 0 aromatic carbocycles. The molecule has 1 N–H and O–H groups in total. The third-order valence-electron chi connectivity index (χ3n) is 5.60. The van der Waals surface area contributed by atoms with Crippen LogP contribution in [0.25, 0.3) is 11.5 Å². The van der Waals surface area contributed by atoms with Crippen LogP contribution < -0.4 is 10.2 Å². The average Bonchev–Trinajstić information content (AvgIpc) is 3.18. The molecule has 4 heterocycles. The summed E-state index contributed by atoms with van der Waals surface area (Å²) in [5.41, 5.74) is 3.30. The Morgan fingerprint density at radius 1 is 1.23 bits per heavy atom. The fraction of sp³-hybridized carbons (Fsp3) is 0.550. The van der Waals surface area contributed by atoms with Crippen molar-refractivity contribution in [2.75, 3.05) is 37.6 Å². The van der Waals surface area contributed by atoms with E-state index in [0.717, 1.165) is 68.7 Å². The van der Waals surface area contributed by atoms with Gasteiger partial charge in [0.25, 0.3) is 0 Å². The van der Waals surface area contributed by atoms with Gasteiger partial charge in [-0.15, -0.1) is 0 Å². The lowest BCUT2D eigenvalue weighted by atomic mass is 10.1. The van der Waals surface area contributed by atoms with Crippen LogP contribution in [-0.4, -0.2) is 58.6 Å². The van der Waals surface area contributed by atoms with Crippen LogP contribution >= 0.6 is 0 Å². The Labute approximate surface area is 155 Å². The minimum Gasteiger partial charge on any atom is -0.355 e. The lowest BCUT2D eigenvalue weighted by Crippen LogP contribution is -2.38. The molecule has 2 aliphatic heterocycles. The third kappa shape index (κ3) is 3.31. The maximum atomic E-state index is 4.99. The zero-order valence-electron chi connectivity index (χ0n) is 15.8. The first-order valence-electron chi connectivity index (χ1n) is 9.81. The van der Waals surface area contributed by atoms with Crippen molar-refractivity contribution >= 4 is 5.82 Å². The molecule has 1 saturated heterocycles. The zero-order valence-corrected chi connectivity index (χ0v) is 15.8. The number of nitrogens with zero attached hydrogens (tertiary/aromatic N) is 5. The van der Waals surface area contributed by atoms with Gasteiger partial charge in [-0.05, 0) is 44.6 Å². The number of fused-ring (bicyclic) bond motifs is 1. The van der Waals surface area contributed by atoms with E-state index in [1.807, 2.05) is 24.4 Å². The molecule has 0 amide bonds. The van der Waals surface area contributed by atoms with Gasteiger partial charge < -0.3 is 10.2 Å². The van der Waals surface area contributed by atoms with Crippen LogP contribution in [0.15, 0.2) is 24.4 Å². The number of likely N-dealkylation sites (N-methyl/N-ethyl adjacent to an activating group) is 1. The van der Waals surface area contributed by atoms with E-state index in [1.54, 1.807) is 0 Å². The largest absolute Gasteiger partial charge is 0.355 e. The molecule has 2 aromatic rings. The van der Waals surface area contributed by atoms with Crippen LogP contribution in [-0.2, 0) is 13.0 Å². The Balaban J connectivity index is 1.69. The summed E-state index contributed by atoms with van der Waals surface area (Å²) in [5, 5.41) is 3.45. The first kappa shape index (κ1) is 17.4. The van der Waals surface area contributed by atoms with Gasteiger partial charge in [0.1, 0.15) is 11.5 Å². The van der Waals surface area contributed by atoms with E-state index < -0.39 is 0 Å². The van der Waals surface area contributed by atoms with Crippen LogP contribution in [0.3, 0.4) is 0 Å². The molecule has 2 aliphatic rings. The van der Waals surface area contributed by atoms with Crippen molar-refractivity contribution in [1.82, 2.24) is 25.2 Å². The molecule has 138 valence electrons. The minimum absolute atomic E-state index is 0.621. The van der Waals surface area contributed by atoms with Crippen LogP contribution in [0.4, 0.5) is 5.82 Å².